The highest BCUT2D eigenvalue weighted by atomic mass is 16.5. The Hall–Kier alpha value is -1.66. The molecule has 0 aliphatic rings. The molecular weight excluding hydrogens is 1010 g/mol. The number of allylic oxidation sites excluding steroid dienone is 3. The van der Waals surface area contributed by atoms with Crippen molar-refractivity contribution in [2.24, 2.45) is 0 Å². The molecule has 0 aromatic rings. The van der Waals surface area contributed by atoms with Crippen molar-refractivity contribution >= 4 is 11.9 Å². The molecule has 2 unspecified atom stereocenters. The zero-order valence-electron chi connectivity index (χ0n) is 55.8. The highest BCUT2D eigenvalue weighted by Crippen LogP contribution is 2.20. The van der Waals surface area contributed by atoms with Gasteiger partial charge in [-0.2, -0.15) is 0 Å². The number of carbonyl (C=O) groups excluding carboxylic acids is 2. The predicted molar refractivity (Wildman–Crippen MR) is 361 cm³/mol. The number of hydrogen-bond acceptors (Lipinski definition) is 5. The van der Waals surface area contributed by atoms with E-state index in [0.29, 0.717) is 19.4 Å². The average molecular weight is 1160 g/mol. The van der Waals surface area contributed by atoms with E-state index < -0.39 is 12.1 Å². The summed E-state index contributed by atoms with van der Waals surface area (Å²) >= 11 is 0. The lowest BCUT2D eigenvalue weighted by Gasteiger charge is -2.20. The fraction of sp³-hybridized carbons (Fsp3) is 0.921. The quantitative estimate of drug-likeness (QED) is 0.0320. The third-order valence-corrected chi connectivity index (χ3v) is 17.7. The second kappa shape index (κ2) is 71.8. The van der Waals surface area contributed by atoms with E-state index in [1.165, 1.54) is 353 Å². The number of aliphatic hydroxyl groups is 2. The van der Waals surface area contributed by atoms with Crippen LogP contribution < -0.4 is 5.32 Å². The van der Waals surface area contributed by atoms with Crippen molar-refractivity contribution in [1.82, 2.24) is 5.32 Å². The molecule has 0 aromatic heterocycles. The van der Waals surface area contributed by atoms with Crippen LogP contribution in [0.4, 0.5) is 0 Å². The number of carbonyl (C=O) groups is 2. The van der Waals surface area contributed by atoms with Crippen molar-refractivity contribution in [2.75, 3.05) is 13.2 Å². The molecule has 0 spiro atoms. The summed E-state index contributed by atoms with van der Waals surface area (Å²) in [6.45, 7) is 4.92. The number of esters is 1. The summed E-state index contributed by atoms with van der Waals surface area (Å²) in [6.07, 6.45) is 91.4. The molecule has 82 heavy (non-hydrogen) atoms. The first-order valence-corrected chi connectivity index (χ1v) is 37.6. The highest BCUT2D eigenvalue weighted by molar-refractivity contribution is 5.76. The monoisotopic (exact) mass is 1150 g/mol. The normalized spacial score (nSPS) is 12.6. The number of rotatable bonds is 71. The van der Waals surface area contributed by atoms with E-state index in [1.54, 1.807) is 6.08 Å². The smallest absolute Gasteiger partial charge is 0.305 e. The maximum atomic E-state index is 12.5. The number of hydrogen-bond donors (Lipinski definition) is 3. The van der Waals surface area contributed by atoms with Crippen LogP contribution in [0, 0.1) is 0 Å². The first kappa shape index (κ1) is 80.3. The Bertz CT molecular complexity index is 1280. The van der Waals surface area contributed by atoms with E-state index in [-0.39, 0.29) is 18.5 Å². The first-order valence-electron chi connectivity index (χ1n) is 37.6. The van der Waals surface area contributed by atoms with Crippen molar-refractivity contribution in [3.8, 4) is 0 Å². The van der Waals surface area contributed by atoms with Gasteiger partial charge in [-0.25, -0.2) is 0 Å². The van der Waals surface area contributed by atoms with Crippen molar-refractivity contribution < 1.29 is 24.5 Å². The Labute approximate surface area is 513 Å². The molecule has 486 valence electrons. The van der Waals surface area contributed by atoms with Gasteiger partial charge in [0.15, 0.2) is 0 Å². The van der Waals surface area contributed by atoms with Gasteiger partial charge in [-0.15, -0.1) is 0 Å². The van der Waals surface area contributed by atoms with E-state index in [1.807, 2.05) is 6.08 Å². The molecule has 1 amide bonds. The fourth-order valence-corrected chi connectivity index (χ4v) is 12.0. The maximum absolute atomic E-state index is 12.5. The summed E-state index contributed by atoms with van der Waals surface area (Å²) < 4.78 is 5.48. The molecule has 0 fully saturated rings. The van der Waals surface area contributed by atoms with Crippen LogP contribution in [0.5, 0.6) is 0 Å². The zero-order chi connectivity index (χ0) is 59.2. The van der Waals surface area contributed by atoms with Gasteiger partial charge in [-0.1, -0.05) is 378 Å². The Morgan fingerprint density at radius 1 is 0.329 bits per heavy atom. The van der Waals surface area contributed by atoms with Gasteiger partial charge in [0, 0.05) is 12.8 Å². The third-order valence-electron chi connectivity index (χ3n) is 17.7. The summed E-state index contributed by atoms with van der Waals surface area (Å²) in [5, 5.41) is 23.3. The zero-order valence-corrected chi connectivity index (χ0v) is 55.8. The lowest BCUT2D eigenvalue weighted by Crippen LogP contribution is -2.45. The molecule has 6 nitrogen and oxygen atoms in total. The van der Waals surface area contributed by atoms with Crippen molar-refractivity contribution in [1.29, 1.82) is 0 Å². The van der Waals surface area contributed by atoms with Gasteiger partial charge in [0.05, 0.1) is 25.4 Å². The van der Waals surface area contributed by atoms with Gasteiger partial charge < -0.3 is 20.3 Å². The van der Waals surface area contributed by atoms with E-state index in [2.05, 4.69) is 31.3 Å². The van der Waals surface area contributed by atoms with Crippen LogP contribution in [-0.2, 0) is 14.3 Å². The Morgan fingerprint density at radius 3 is 0.890 bits per heavy atom. The van der Waals surface area contributed by atoms with E-state index in [9.17, 15) is 19.8 Å². The Balaban J connectivity index is 3.37. The Kier molecular flexibility index (Phi) is 70.4. The summed E-state index contributed by atoms with van der Waals surface area (Å²) in [4.78, 5) is 24.6. The molecule has 3 N–H and O–H groups in total. The van der Waals surface area contributed by atoms with Gasteiger partial charge >= 0.3 is 5.97 Å². The molecule has 0 bridgehead atoms. The summed E-state index contributed by atoms with van der Waals surface area (Å²) in [6, 6.07) is -0.626. The van der Waals surface area contributed by atoms with Gasteiger partial charge in [-0.3, -0.25) is 9.59 Å². The standard InChI is InChI=1S/C76H147NO5/c1-3-5-7-9-11-13-15-17-18-19-20-21-22-30-33-36-39-42-45-48-52-56-60-64-68-74(79)73(72-78)77-75(80)69-65-61-57-53-49-46-43-40-37-34-31-28-26-24-23-25-27-29-32-35-38-41-44-47-51-55-59-63-67-71-82-76(81)70-66-62-58-54-50-16-14-12-10-8-6-4-2/h12,14,64,68,73-74,78-79H,3-11,13,15-63,65-67,69-72H2,1-2H3,(H,77,80)/b14-12-,68-64+. The molecule has 0 aromatic carbocycles. The van der Waals surface area contributed by atoms with Gasteiger partial charge in [0.2, 0.25) is 5.91 Å². The summed E-state index contributed by atoms with van der Waals surface area (Å²) in [5.74, 6) is -0.0497. The number of unbranched alkanes of at least 4 members (excludes halogenated alkanes) is 58. The highest BCUT2D eigenvalue weighted by Gasteiger charge is 2.18. The molecule has 0 radical (unpaired) electrons. The minimum Gasteiger partial charge on any atom is -0.466 e. The largest absolute Gasteiger partial charge is 0.466 e. The SMILES string of the molecule is CCCCC/C=C\CCCCCCCC(=O)OCCCCCCCCCCCCCCCCCCCCCCCCCCCCCCCC(=O)NC(CO)C(O)/C=C/CCCCCCCCCCCCCCCCCCCCCCCC. The van der Waals surface area contributed by atoms with Crippen molar-refractivity contribution in [3.63, 3.8) is 0 Å². The van der Waals surface area contributed by atoms with Crippen molar-refractivity contribution in [2.45, 2.75) is 437 Å². The predicted octanol–water partition coefficient (Wildman–Crippen LogP) is 24.5. The second-order valence-corrected chi connectivity index (χ2v) is 26.0. The lowest BCUT2D eigenvalue weighted by atomic mass is 10.0. The third kappa shape index (κ3) is 67.5. The minimum atomic E-state index is -0.843. The van der Waals surface area contributed by atoms with Crippen molar-refractivity contribution in [3.05, 3.63) is 24.3 Å². The molecule has 0 aliphatic carbocycles. The summed E-state index contributed by atoms with van der Waals surface area (Å²) in [7, 11) is 0. The second-order valence-electron chi connectivity index (χ2n) is 26.0. The Morgan fingerprint density at radius 2 is 0.573 bits per heavy atom. The van der Waals surface area contributed by atoms with Crippen LogP contribution in [0.3, 0.4) is 0 Å². The number of aliphatic hydroxyl groups excluding tert-OH is 2. The van der Waals surface area contributed by atoms with Crippen LogP contribution in [0.2, 0.25) is 0 Å². The maximum Gasteiger partial charge on any atom is 0.305 e. The van der Waals surface area contributed by atoms with Crippen LogP contribution in [0.15, 0.2) is 24.3 Å². The molecule has 0 rings (SSSR count). The minimum absolute atomic E-state index is 0.00980. The fourth-order valence-electron chi connectivity index (χ4n) is 12.0. The number of ether oxygens (including phenoxy) is 1. The van der Waals surface area contributed by atoms with Crippen LogP contribution >= 0.6 is 0 Å². The lowest BCUT2D eigenvalue weighted by molar-refractivity contribution is -0.143. The number of amides is 1. The van der Waals surface area contributed by atoms with Crippen LogP contribution in [-0.4, -0.2) is 47.4 Å². The van der Waals surface area contributed by atoms with Crippen LogP contribution in [0.1, 0.15) is 425 Å². The average Bonchev–Trinajstić information content (AvgIpc) is 3.48. The molecule has 0 heterocycles. The van der Waals surface area contributed by atoms with Gasteiger partial charge in [0.1, 0.15) is 0 Å². The molecule has 2 atom stereocenters. The molecule has 0 saturated carbocycles. The summed E-state index contributed by atoms with van der Waals surface area (Å²) in [5.41, 5.74) is 0. The van der Waals surface area contributed by atoms with E-state index in [0.717, 1.165) is 44.9 Å². The molecule has 6 heteroatoms. The van der Waals surface area contributed by atoms with E-state index in [4.69, 9.17) is 4.74 Å². The van der Waals surface area contributed by atoms with Crippen LogP contribution in [0.25, 0.3) is 0 Å². The molecule has 0 saturated heterocycles. The number of nitrogens with one attached hydrogen (secondary N) is 1. The topological polar surface area (TPSA) is 95.9 Å². The molecule has 0 aliphatic heterocycles. The van der Waals surface area contributed by atoms with Gasteiger partial charge in [0.25, 0.3) is 0 Å². The first-order chi connectivity index (χ1) is 40.5. The van der Waals surface area contributed by atoms with E-state index >= 15 is 0 Å². The molecular formula is C76H147NO5. The van der Waals surface area contributed by atoms with Gasteiger partial charge in [-0.05, 0) is 57.8 Å².